The summed E-state index contributed by atoms with van der Waals surface area (Å²) < 4.78 is 0.745. The van der Waals surface area contributed by atoms with Crippen LogP contribution < -0.4 is 0 Å². The first-order valence-electron chi connectivity index (χ1n) is 1.61. The Morgan fingerprint density at radius 1 is 1.67 bits per heavy atom. The molecule has 0 spiro atoms. The fourth-order valence-electron chi connectivity index (χ4n) is 0.272. The van der Waals surface area contributed by atoms with Gasteiger partial charge in [0, 0.05) is 6.20 Å². The first kappa shape index (κ1) is 3.61. The lowest BCUT2D eigenvalue weighted by atomic mass is 10.8. The summed E-state index contributed by atoms with van der Waals surface area (Å²) in [7, 11) is 0. The average Bonchev–Trinajstić information content (AvgIpc) is 1.86. The lowest BCUT2D eigenvalue weighted by Crippen LogP contribution is -1.57. The molecular formula is C3H4N2S. The highest BCUT2D eigenvalue weighted by Crippen LogP contribution is 1.75. The molecule has 0 unspecified atom stereocenters. The maximum Gasteiger partial charge on any atom is 0.119 e. The van der Waals surface area contributed by atoms with Crippen LogP contribution in [0.3, 0.4) is 0 Å². The van der Waals surface area contributed by atoms with Gasteiger partial charge < -0.3 is 5.10 Å². The predicted octanol–water partition coefficient (Wildman–Crippen LogP) is 1.07. The van der Waals surface area contributed by atoms with Crippen molar-refractivity contribution in [3.8, 4) is 0 Å². The van der Waals surface area contributed by atoms with Gasteiger partial charge in [-0.25, -0.2) is 0 Å². The third-order valence-corrected chi connectivity index (χ3v) is 0.752. The number of hydrogen-bond donors (Lipinski definition) is 2. The lowest BCUT2D eigenvalue weighted by molar-refractivity contribution is 1.08. The van der Waals surface area contributed by atoms with Gasteiger partial charge in [0.05, 0.1) is 0 Å². The molecule has 0 aliphatic rings. The van der Waals surface area contributed by atoms with E-state index in [0.29, 0.717) is 0 Å². The Morgan fingerprint density at radius 2 is 2.50 bits per heavy atom. The first-order chi connectivity index (χ1) is 2.89. The maximum atomic E-state index is 4.66. The molecule has 1 rings (SSSR count). The van der Waals surface area contributed by atoms with Gasteiger partial charge in [-0.15, -0.1) is 0 Å². The zero-order chi connectivity index (χ0) is 4.41. The summed E-state index contributed by atoms with van der Waals surface area (Å²) in [5, 5.41) is 5.39. The molecule has 0 saturated heterocycles. The highest BCUT2D eigenvalue weighted by Gasteiger charge is 1.65. The van der Waals surface area contributed by atoms with Crippen molar-refractivity contribution < 1.29 is 0 Å². The van der Waals surface area contributed by atoms with E-state index in [1.54, 1.807) is 12.3 Å². The molecule has 1 heterocycles. The summed E-state index contributed by atoms with van der Waals surface area (Å²) >= 11 is 4.66. The molecule has 32 valence electrons. The Bertz CT molecular complexity index is 147. The van der Waals surface area contributed by atoms with Gasteiger partial charge in [-0.1, -0.05) is 12.2 Å². The van der Waals surface area contributed by atoms with E-state index in [2.05, 4.69) is 22.4 Å². The van der Waals surface area contributed by atoms with Gasteiger partial charge in [0.1, 0.15) is 4.64 Å². The van der Waals surface area contributed by atoms with Crippen molar-refractivity contribution in [1.82, 2.24) is 10.2 Å². The molecule has 0 amide bonds. The standard InChI is InChI=1S/C3H4N2S/c6-3-1-2-4-5-3/h1-2H,(H2,4,5,6). The van der Waals surface area contributed by atoms with E-state index in [1.807, 2.05) is 0 Å². The van der Waals surface area contributed by atoms with Crippen LogP contribution in [0.25, 0.3) is 0 Å². The molecule has 0 atom stereocenters. The zero-order valence-corrected chi connectivity index (χ0v) is 3.88. The van der Waals surface area contributed by atoms with Gasteiger partial charge in [0.2, 0.25) is 0 Å². The minimum Gasteiger partial charge on any atom is -0.307 e. The minimum atomic E-state index is 0.745. The van der Waals surface area contributed by atoms with E-state index in [-0.39, 0.29) is 0 Å². The zero-order valence-electron chi connectivity index (χ0n) is 3.06. The highest BCUT2D eigenvalue weighted by atomic mass is 32.1. The summed E-state index contributed by atoms with van der Waals surface area (Å²) in [5.74, 6) is 0. The van der Waals surface area contributed by atoms with Crippen LogP contribution in [0, 0.1) is 4.64 Å². The summed E-state index contributed by atoms with van der Waals surface area (Å²) in [6.45, 7) is 0. The fourth-order valence-corrected chi connectivity index (χ4v) is 0.399. The van der Waals surface area contributed by atoms with E-state index < -0.39 is 0 Å². The Labute approximate surface area is 40.2 Å². The third-order valence-electron chi connectivity index (χ3n) is 0.513. The molecule has 2 N–H and O–H groups in total. The number of rotatable bonds is 0. The smallest absolute Gasteiger partial charge is 0.119 e. The second kappa shape index (κ2) is 1.26. The van der Waals surface area contributed by atoms with Gasteiger partial charge in [-0.05, 0) is 6.07 Å². The van der Waals surface area contributed by atoms with E-state index in [1.165, 1.54) is 0 Å². The molecule has 1 aromatic heterocycles. The van der Waals surface area contributed by atoms with Gasteiger partial charge in [0.15, 0.2) is 0 Å². The van der Waals surface area contributed by atoms with Crippen LogP contribution in [-0.2, 0) is 0 Å². The molecule has 0 aliphatic carbocycles. The largest absolute Gasteiger partial charge is 0.307 e. The van der Waals surface area contributed by atoms with Crippen molar-refractivity contribution in [3.05, 3.63) is 16.9 Å². The van der Waals surface area contributed by atoms with Gasteiger partial charge in [-0.2, -0.15) is 0 Å². The summed E-state index contributed by atoms with van der Waals surface area (Å²) in [6.07, 6.45) is 1.75. The molecule has 0 radical (unpaired) electrons. The molecule has 3 heteroatoms. The van der Waals surface area contributed by atoms with E-state index in [4.69, 9.17) is 0 Å². The summed E-state index contributed by atoms with van der Waals surface area (Å²) in [4.78, 5) is 0. The topological polar surface area (TPSA) is 31.6 Å². The molecule has 0 fully saturated rings. The fraction of sp³-hybridized carbons (Fsp3) is 0. The number of aromatic amines is 2. The van der Waals surface area contributed by atoms with E-state index in [0.717, 1.165) is 4.64 Å². The number of nitrogens with one attached hydrogen (secondary N) is 2. The van der Waals surface area contributed by atoms with Crippen molar-refractivity contribution in [3.63, 3.8) is 0 Å². The van der Waals surface area contributed by atoms with Gasteiger partial charge in [-0.3, -0.25) is 5.10 Å². The van der Waals surface area contributed by atoms with Crippen LogP contribution in [0.15, 0.2) is 12.3 Å². The first-order valence-corrected chi connectivity index (χ1v) is 2.02. The summed E-state index contributed by atoms with van der Waals surface area (Å²) in [5.41, 5.74) is 0. The molecule has 6 heavy (non-hydrogen) atoms. The Morgan fingerprint density at radius 3 is 2.67 bits per heavy atom. The quantitative estimate of drug-likeness (QED) is 0.469. The van der Waals surface area contributed by atoms with Crippen LogP contribution in [0.4, 0.5) is 0 Å². The van der Waals surface area contributed by atoms with Crippen LogP contribution in [-0.4, -0.2) is 10.2 Å². The normalized spacial score (nSPS) is 8.67. The molecule has 2 nitrogen and oxygen atoms in total. The SMILES string of the molecule is S=c1cc[nH][nH]1. The molecule has 0 aromatic carbocycles. The van der Waals surface area contributed by atoms with Crippen LogP contribution in [0.1, 0.15) is 0 Å². The van der Waals surface area contributed by atoms with Crippen LogP contribution >= 0.6 is 12.2 Å². The Hall–Kier alpha value is -0.570. The number of aromatic nitrogens is 2. The second-order valence-electron chi connectivity index (χ2n) is 0.967. The van der Waals surface area contributed by atoms with Gasteiger partial charge in [0.25, 0.3) is 0 Å². The van der Waals surface area contributed by atoms with Crippen molar-refractivity contribution in [2.45, 2.75) is 0 Å². The van der Waals surface area contributed by atoms with Crippen molar-refractivity contribution in [2.24, 2.45) is 0 Å². The number of hydrogen-bond acceptors (Lipinski definition) is 1. The Balaban J connectivity index is 3.41. The minimum absolute atomic E-state index is 0.745. The Kier molecular flexibility index (Phi) is 0.759. The van der Waals surface area contributed by atoms with Gasteiger partial charge >= 0.3 is 0 Å². The van der Waals surface area contributed by atoms with Crippen LogP contribution in [0.5, 0.6) is 0 Å². The highest BCUT2D eigenvalue weighted by molar-refractivity contribution is 7.71. The monoisotopic (exact) mass is 100 g/mol. The van der Waals surface area contributed by atoms with Crippen molar-refractivity contribution in [1.29, 1.82) is 0 Å². The molecule has 0 saturated carbocycles. The van der Waals surface area contributed by atoms with Crippen molar-refractivity contribution in [2.75, 3.05) is 0 Å². The average molecular weight is 100 g/mol. The lowest BCUT2D eigenvalue weighted by Gasteiger charge is -1.58. The number of H-pyrrole nitrogens is 2. The molecule has 1 aromatic rings. The molecule has 0 aliphatic heterocycles. The van der Waals surface area contributed by atoms with E-state index in [9.17, 15) is 0 Å². The van der Waals surface area contributed by atoms with E-state index >= 15 is 0 Å². The predicted molar refractivity (Wildman–Crippen MR) is 26.0 cm³/mol. The second-order valence-corrected chi connectivity index (χ2v) is 1.41. The molecule has 0 bridgehead atoms. The molecular weight excluding hydrogens is 96.1 g/mol. The van der Waals surface area contributed by atoms with Crippen molar-refractivity contribution >= 4 is 12.2 Å². The van der Waals surface area contributed by atoms with Crippen LogP contribution in [0.2, 0.25) is 0 Å². The summed E-state index contributed by atoms with van der Waals surface area (Å²) in [6, 6.07) is 1.79. The maximum absolute atomic E-state index is 4.66. The third kappa shape index (κ3) is 0.490.